The SMILES string of the molecule is COc1ccccc1CC(=CF)CN. The van der Waals surface area contributed by atoms with Crippen LogP contribution in [0.15, 0.2) is 36.2 Å². The average Bonchev–Trinajstić information content (AvgIpc) is 2.26. The van der Waals surface area contributed by atoms with Crippen LogP contribution in [0.2, 0.25) is 0 Å². The zero-order valence-corrected chi connectivity index (χ0v) is 8.16. The largest absolute Gasteiger partial charge is 0.496 e. The van der Waals surface area contributed by atoms with E-state index in [4.69, 9.17) is 10.5 Å². The van der Waals surface area contributed by atoms with Crippen LogP contribution >= 0.6 is 0 Å². The maximum atomic E-state index is 12.3. The molecular weight excluding hydrogens is 181 g/mol. The summed E-state index contributed by atoms with van der Waals surface area (Å²) in [6.07, 6.45) is 1.06. The van der Waals surface area contributed by atoms with E-state index in [2.05, 4.69) is 0 Å². The van der Waals surface area contributed by atoms with Crippen LogP contribution in [0.5, 0.6) is 5.75 Å². The van der Waals surface area contributed by atoms with Gasteiger partial charge in [-0.05, 0) is 17.2 Å². The molecule has 14 heavy (non-hydrogen) atoms. The lowest BCUT2D eigenvalue weighted by Gasteiger charge is -2.08. The van der Waals surface area contributed by atoms with Crippen LogP contribution < -0.4 is 10.5 Å². The Balaban J connectivity index is 2.85. The van der Waals surface area contributed by atoms with E-state index >= 15 is 0 Å². The summed E-state index contributed by atoms with van der Waals surface area (Å²) in [4.78, 5) is 0. The molecule has 0 saturated carbocycles. The molecule has 0 aliphatic carbocycles. The topological polar surface area (TPSA) is 35.2 Å². The number of para-hydroxylation sites is 1. The lowest BCUT2D eigenvalue weighted by atomic mass is 10.1. The van der Waals surface area contributed by atoms with Gasteiger partial charge in [0.2, 0.25) is 0 Å². The van der Waals surface area contributed by atoms with E-state index in [1.54, 1.807) is 7.11 Å². The van der Waals surface area contributed by atoms with Crippen LogP contribution in [0.3, 0.4) is 0 Å². The summed E-state index contributed by atoms with van der Waals surface area (Å²) >= 11 is 0. The molecule has 0 aromatic heterocycles. The normalized spacial score (nSPS) is 11.5. The van der Waals surface area contributed by atoms with Gasteiger partial charge in [0.1, 0.15) is 5.75 Å². The van der Waals surface area contributed by atoms with Gasteiger partial charge in [0, 0.05) is 13.0 Å². The molecular formula is C11H14FNO. The van der Waals surface area contributed by atoms with E-state index in [1.165, 1.54) is 0 Å². The Labute approximate surface area is 83.2 Å². The van der Waals surface area contributed by atoms with Crippen molar-refractivity contribution < 1.29 is 9.13 Å². The van der Waals surface area contributed by atoms with Crippen molar-refractivity contribution >= 4 is 0 Å². The van der Waals surface area contributed by atoms with Gasteiger partial charge >= 0.3 is 0 Å². The lowest BCUT2D eigenvalue weighted by Crippen LogP contribution is -2.06. The summed E-state index contributed by atoms with van der Waals surface area (Å²) in [6.45, 7) is 0.231. The second kappa shape index (κ2) is 5.40. The summed E-state index contributed by atoms with van der Waals surface area (Å²) in [5.41, 5.74) is 6.89. The van der Waals surface area contributed by atoms with Gasteiger partial charge in [-0.3, -0.25) is 0 Å². The van der Waals surface area contributed by atoms with Gasteiger partial charge in [-0.2, -0.15) is 0 Å². The van der Waals surface area contributed by atoms with Gasteiger partial charge in [0.25, 0.3) is 0 Å². The number of hydrogen-bond donors (Lipinski definition) is 1. The molecule has 1 aromatic rings. The third-order valence-corrected chi connectivity index (χ3v) is 2.03. The Morgan fingerprint density at radius 1 is 1.50 bits per heavy atom. The summed E-state index contributed by atoms with van der Waals surface area (Å²) in [5.74, 6) is 0.764. The maximum Gasteiger partial charge on any atom is 0.122 e. The standard InChI is InChI=1S/C11H14FNO/c1-14-11-5-3-2-4-10(11)6-9(7-12)8-13/h2-5,7H,6,8,13H2,1H3. The summed E-state index contributed by atoms with van der Waals surface area (Å²) in [5, 5.41) is 0. The Morgan fingerprint density at radius 2 is 2.21 bits per heavy atom. The third-order valence-electron chi connectivity index (χ3n) is 2.03. The third kappa shape index (κ3) is 2.57. The highest BCUT2D eigenvalue weighted by Crippen LogP contribution is 2.20. The molecule has 0 bridgehead atoms. The highest BCUT2D eigenvalue weighted by molar-refractivity contribution is 5.36. The van der Waals surface area contributed by atoms with Gasteiger partial charge in [0.05, 0.1) is 13.4 Å². The fourth-order valence-corrected chi connectivity index (χ4v) is 1.25. The van der Waals surface area contributed by atoms with Crippen molar-refractivity contribution in [1.82, 2.24) is 0 Å². The van der Waals surface area contributed by atoms with Crippen molar-refractivity contribution in [3.05, 3.63) is 41.7 Å². The second-order valence-corrected chi connectivity index (χ2v) is 2.96. The molecule has 0 heterocycles. The number of nitrogens with two attached hydrogens (primary N) is 1. The van der Waals surface area contributed by atoms with E-state index < -0.39 is 0 Å². The molecule has 1 aromatic carbocycles. The average molecular weight is 195 g/mol. The molecule has 0 aliphatic rings. The molecule has 0 unspecified atom stereocenters. The molecule has 3 heteroatoms. The molecule has 1 rings (SSSR count). The first-order valence-corrected chi connectivity index (χ1v) is 4.42. The molecule has 0 spiro atoms. The molecule has 0 amide bonds. The van der Waals surface area contributed by atoms with Crippen molar-refractivity contribution in [2.45, 2.75) is 6.42 Å². The van der Waals surface area contributed by atoms with Gasteiger partial charge in [-0.1, -0.05) is 18.2 Å². The van der Waals surface area contributed by atoms with Crippen molar-refractivity contribution in [3.8, 4) is 5.75 Å². The lowest BCUT2D eigenvalue weighted by molar-refractivity contribution is 0.410. The van der Waals surface area contributed by atoms with Crippen LogP contribution in [-0.4, -0.2) is 13.7 Å². The molecule has 0 aliphatic heterocycles. The first-order chi connectivity index (χ1) is 6.81. The quantitative estimate of drug-likeness (QED) is 0.798. The van der Waals surface area contributed by atoms with Crippen LogP contribution in [0.1, 0.15) is 5.56 Å². The van der Waals surface area contributed by atoms with Crippen molar-refractivity contribution in [2.75, 3.05) is 13.7 Å². The number of benzene rings is 1. The zero-order chi connectivity index (χ0) is 10.4. The predicted molar refractivity (Wildman–Crippen MR) is 54.9 cm³/mol. The minimum Gasteiger partial charge on any atom is -0.496 e. The van der Waals surface area contributed by atoms with Gasteiger partial charge in [-0.25, -0.2) is 4.39 Å². The number of methoxy groups -OCH3 is 1. The fraction of sp³-hybridized carbons (Fsp3) is 0.273. The first kappa shape index (κ1) is 10.7. The van der Waals surface area contributed by atoms with E-state index in [-0.39, 0.29) is 6.54 Å². The van der Waals surface area contributed by atoms with Crippen LogP contribution in [0.25, 0.3) is 0 Å². The number of halogens is 1. The van der Waals surface area contributed by atoms with Gasteiger partial charge in [0.15, 0.2) is 0 Å². The molecule has 76 valence electrons. The fourth-order valence-electron chi connectivity index (χ4n) is 1.25. The van der Waals surface area contributed by atoms with Crippen molar-refractivity contribution in [2.24, 2.45) is 5.73 Å². The van der Waals surface area contributed by atoms with E-state index in [1.807, 2.05) is 24.3 Å². The summed E-state index contributed by atoms with van der Waals surface area (Å²) in [6, 6.07) is 7.52. The molecule has 0 radical (unpaired) electrons. The molecule has 0 fully saturated rings. The minimum atomic E-state index is 0.231. The molecule has 0 saturated heterocycles. The first-order valence-electron chi connectivity index (χ1n) is 4.42. The van der Waals surface area contributed by atoms with Crippen molar-refractivity contribution in [1.29, 1.82) is 0 Å². The Hall–Kier alpha value is -1.35. The number of hydrogen-bond acceptors (Lipinski definition) is 2. The number of rotatable bonds is 4. The highest BCUT2D eigenvalue weighted by atomic mass is 19.1. The van der Waals surface area contributed by atoms with Gasteiger partial charge in [-0.15, -0.1) is 0 Å². The smallest absolute Gasteiger partial charge is 0.122 e. The van der Waals surface area contributed by atoms with Gasteiger partial charge < -0.3 is 10.5 Å². The monoisotopic (exact) mass is 195 g/mol. The van der Waals surface area contributed by atoms with Crippen molar-refractivity contribution in [3.63, 3.8) is 0 Å². The summed E-state index contributed by atoms with van der Waals surface area (Å²) < 4.78 is 17.4. The predicted octanol–water partition coefficient (Wildman–Crippen LogP) is 2.05. The van der Waals surface area contributed by atoms with E-state index in [9.17, 15) is 4.39 Å². The van der Waals surface area contributed by atoms with Crippen LogP contribution in [0, 0.1) is 0 Å². The number of ether oxygens (including phenoxy) is 1. The Morgan fingerprint density at radius 3 is 2.79 bits per heavy atom. The van der Waals surface area contributed by atoms with Crippen LogP contribution in [-0.2, 0) is 6.42 Å². The second-order valence-electron chi connectivity index (χ2n) is 2.96. The molecule has 2 N–H and O–H groups in total. The summed E-state index contributed by atoms with van der Waals surface area (Å²) in [7, 11) is 1.60. The molecule has 2 nitrogen and oxygen atoms in total. The Bertz CT molecular complexity index is 323. The minimum absolute atomic E-state index is 0.231. The highest BCUT2D eigenvalue weighted by Gasteiger charge is 2.03. The maximum absolute atomic E-state index is 12.3. The molecule has 0 atom stereocenters. The van der Waals surface area contributed by atoms with E-state index in [0.717, 1.165) is 11.3 Å². The zero-order valence-electron chi connectivity index (χ0n) is 8.16. The Kier molecular flexibility index (Phi) is 4.13. The van der Waals surface area contributed by atoms with E-state index in [0.29, 0.717) is 18.3 Å². The van der Waals surface area contributed by atoms with Crippen LogP contribution in [0.4, 0.5) is 4.39 Å².